The summed E-state index contributed by atoms with van der Waals surface area (Å²) in [4.78, 5) is 19.5. The number of halogens is 3. The van der Waals surface area contributed by atoms with Crippen LogP contribution < -0.4 is 9.47 Å². The van der Waals surface area contributed by atoms with Gasteiger partial charge in [0.1, 0.15) is 9.88 Å². The van der Waals surface area contributed by atoms with Crippen LogP contribution >= 0.6 is 22.9 Å². The van der Waals surface area contributed by atoms with Crippen molar-refractivity contribution in [2.45, 2.75) is 20.1 Å². The molecule has 0 unspecified atom stereocenters. The Balaban J connectivity index is 1.78. The fraction of sp³-hybridized carbons (Fsp3) is 0.238. The Morgan fingerprint density at radius 3 is 2.53 bits per heavy atom. The average Bonchev–Trinajstić information content (AvgIpc) is 3.09. The number of hydrogen-bond acceptors (Lipinski definition) is 5. The first-order valence-corrected chi connectivity index (χ1v) is 10.1. The largest absolute Gasteiger partial charge is 0.493 e. The van der Waals surface area contributed by atoms with E-state index in [-0.39, 0.29) is 24.0 Å². The van der Waals surface area contributed by atoms with Crippen molar-refractivity contribution in [1.82, 2.24) is 9.88 Å². The van der Waals surface area contributed by atoms with Crippen molar-refractivity contribution in [3.63, 3.8) is 0 Å². The Kier molecular flexibility index (Phi) is 6.89. The fourth-order valence-electron chi connectivity index (χ4n) is 2.84. The Bertz CT molecular complexity index is 1040. The summed E-state index contributed by atoms with van der Waals surface area (Å²) < 4.78 is 34.8. The van der Waals surface area contributed by atoms with Crippen LogP contribution in [-0.4, -0.2) is 36.6 Å². The normalized spacial score (nSPS) is 10.9. The van der Waals surface area contributed by atoms with Gasteiger partial charge in [-0.2, -0.15) is 8.78 Å². The van der Waals surface area contributed by atoms with Crippen LogP contribution in [0.2, 0.25) is 5.02 Å². The van der Waals surface area contributed by atoms with E-state index in [1.807, 2.05) is 12.1 Å². The second-order valence-electron chi connectivity index (χ2n) is 6.47. The van der Waals surface area contributed by atoms with E-state index in [0.717, 1.165) is 10.6 Å². The first kappa shape index (κ1) is 22.0. The molecule has 9 heteroatoms. The zero-order chi connectivity index (χ0) is 21.8. The number of nitrogens with zero attached hydrogens (tertiary/aromatic N) is 2. The van der Waals surface area contributed by atoms with Crippen molar-refractivity contribution in [2.75, 3.05) is 14.2 Å². The molecule has 0 N–H and O–H groups in total. The maximum Gasteiger partial charge on any atom is 0.387 e. The molecule has 0 atom stereocenters. The first-order valence-electron chi connectivity index (χ1n) is 8.89. The number of aromatic nitrogens is 1. The number of hydrogen-bond donors (Lipinski definition) is 0. The molecule has 0 saturated heterocycles. The maximum atomic E-state index is 13.0. The van der Waals surface area contributed by atoms with Crippen molar-refractivity contribution in [1.29, 1.82) is 0 Å². The summed E-state index contributed by atoms with van der Waals surface area (Å²) in [6.07, 6.45) is 0. The highest BCUT2D eigenvalue weighted by atomic mass is 35.5. The second-order valence-corrected chi connectivity index (χ2v) is 7.90. The predicted molar refractivity (Wildman–Crippen MR) is 113 cm³/mol. The van der Waals surface area contributed by atoms with E-state index in [1.165, 1.54) is 35.5 Å². The standard InChI is InChI=1S/C21H19ClF2N2O3S/c1-12-18(30-19(25-12)14-5-7-15(22)8-6-14)20(27)26(2)11-13-4-9-16(28-3)17(10-13)29-21(23)24/h4-10,21H,11H2,1-3H3. The summed E-state index contributed by atoms with van der Waals surface area (Å²) in [6.45, 7) is -0.991. The molecule has 0 radical (unpaired) electrons. The van der Waals surface area contributed by atoms with E-state index in [9.17, 15) is 13.6 Å². The Morgan fingerprint density at radius 1 is 1.20 bits per heavy atom. The lowest BCUT2D eigenvalue weighted by Gasteiger charge is -2.18. The molecule has 30 heavy (non-hydrogen) atoms. The first-order chi connectivity index (χ1) is 14.3. The van der Waals surface area contributed by atoms with E-state index < -0.39 is 6.61 Å². The maximum absolute atomic E-state index is 13.0. The van der Waals surface area contributed by atoms with Gasteiger partial charge >= 0.3 is 6.61 Å². The number of carbonyl (C=O) groups excluding carboxylic acids is 1. The summed E-state index contributed by atoms with van der Waals surface area (Å²) in [6, 6.07) is 11.9. The van der Waals surface area contributed by atoms with Crippen LogP contribution in [0.4, 0.5) is 8.78 Å². The molecule has 0 aliphatic rings. The van der Waals surface area contributed by atoms with Crippen molar-refractivity contribution >= 4 is 28.8 Å². The molecule has 3 rings (SSSR count). The molecule has 0 fully saturated rings. The minimum absolute atomic E-state index is 0.0788. The van der Waals surface area contributed by atoms with Gasteiger partial charge in [-0.25, -0.2) is 4.98 Å². The lowest BCUT2D eigenvalue weighted by Crippen LogP contribution is -2.26. The van der Waals surface area contributed by atoms with Gasteiger partial charge in [0.25, 0.3) is 5.91 Å². The smallest absolute Gasteiger partial charge is 0.387 e. The summed E-state index contributed by atoms with van der Waals surface area (Å²) in [5, 5.41) is 1.34. The van der Waals surface area contributed by atoms with Crippen LogP contribution in [0.25, 0.3) is 10.6 Å². The van der Waals surface area contributed by atoms with Crippen LogP contribution in [0.1, 0.15) is 20.9 Å². The lowest BCUT2D eigenvalue weighted by atomic mass is 10.2. The molecule has 0 bridgehead atoms. The van der Waals surface area contributed by atoms with Gasteiger partial charge < -0.3 is 14.4 Å². The Labute approximate surface area is 181 Å². The summed E-state index contributed by atoms with van der Waals surface area (Å²) in [7, 11) is 3.01. The molecule has 158 valence electrons. The number of ether oxygens (including phenoxy) is 2. The minimum atomic E-state index is -2.97. The molecular weight excluding hydrogens is 434 g/mol. The highest BCUT2D eigenvalue weighted by Crippen LogP contribution is 2.32. The number of benzene rings is 2. The lowest BCUT2D eigenvalue weighted by molar-refractivity contribution is -0.0512. The number of carbonyl (C=O) groups is 1. The van der Waals surface area contributed by atoms with Crippen LogP contribution in [0, 0.1) is 6.92 Å². The van der Waals surface area contributed by atoms with Gasteiger partial charge in [-0.1, -0.05) is 29.8 Å². The van der Waals surface area contributed by atoms with Crippen LogP contribution in [0.3, 0.4) is 0 Å². The summed E-state index contributed by atoms with van der Waals surface area (Å²) >= 11 is 7.22. The van der Waals surface area contributed by atoms with Gasteiger partial charge in [-0.3, -0.25) is 4.79 Å². The monoisotopic (exact) mass is 452 g/mol. The molecule has 0 spiro atoms. The van der Waals surface area contributed by atoms with Crippen molar-refractivity contribution < 1.29 is 23.0 Å². The Hall–Kier alpha value is -2.71. The third-order valence-corrected chi connectivity index (χ3v) is 5.74. The zero-order valence-electron chi connectivity index (χ0n) is 16.5. The molecule has 1 aromatic heterocycles. The number of amides is 1. The average molecular weight is 453 g/mol. The molecule has 1 amide bonds. The van der Waals surface area contributed by atoms with Gasteiger partial charge in [-0.15, -0.1) is 11.3 Å². The topological polar surface area (TPSA) is 51.7 Å². The summed E-state index contributed by atoms with van der Waals surface area (Å²) in [5.41, 5.74) is 2.12. The molecule has 5 nitrogen and oxygen atoms in total. The SMILES string of the molecule is COc1ccc(CN(C)C(=O)c2sc(-c3ccc(Cl)cc3)nc2C)cc1OC(F)F. The number of methoxy groups -OCH3 is 1. The van der Waals surface area contributed by atoms with Crippen LogP contribution in [0.15, 0.2) is 42.5 Å². The van der Waals surface area contributed by atoms with E-state index >= 15 is 0 Å². The third-order valence-electron chi connectivity index (χ3n) is 4.29. The van der Waals surface area contributed by atoms with Gasteiger partial charge in [0.2, 0.25) is 0 Å². The quantitative estimate of drug-likeness (QED) is 0.464. The van der Waals surface area contributed by atoms with Gasteiger partial charge in [0.15, 0.2) is 11.5 Å². The zero-order valence-corrected chi connectivity index (χ0v) is 18.1. The molecule has 0 aliphatic heterocycles. The molecule has 0 saturated carbocycles. The summed E-state index contributed by atoms with van der Waals surface area (Å²) in [5.74, 6) is -0.0962. The van der Waals surface area contributed by atoms with E-state index in [1.54, 1.807) is 32.2 Å². The molecule has 0 aliphatic carbocycles. The number of rotatable bonds is 7. The van der Waals surface area contributed by atoms with E-state index in [2.05, 4.69) is 9.72 Å². The third kappa shape index (κ3) is 5.06. The predicted octanol–water partition coefficient (Wildman–Crippen LogP) is 5.65. The molecule has 3 aromatic rings. The van der Waals surface area contributed by atoms with Crippen molar-refractivity contribution in [3.8, 4) is 22.1 Å². The molecule has 1 heterocycles. The number of alkyl halides is 2. The van der Waals surface area contributed by atoms with Gasteiger partial charge in [0.05, 0.1) is 12.8 Å². The van der Waals surface area contributed by atoms with E-state index in [4.69, 9.17) is 16.3 Å². The van der Waals surface area contributed by atoms with Crippen molar-refractivity contribution in [3.05, 3.63) is 63.6 Å². The van der Waals surface area contributed by atoms with Crippen LogP contribution in [-0.2, 0) is 6.54 Å². The van der Waals surface area contributed by atoms with E-state index in [0.29, 0.717) is 21.2 Å². The molecule has 2 aromatic carbocycles. The fourth-order valence-corrected chi connectivity index (χ4v) is 4.03. The molecular formula is C21H19ClF2N2O3S. The number of aryl methyl sites for hydroxylation is 1. The second kappa shape index (κ2) is 9.40. The number of thiazole rings is 1. The van der Waals surface area contributed by atoms with Gasteiger partial charge in [-0.05, 0) is 36.8 Å². The highest BCUT2D eigenvalue weighted by molar-refractivity contribution is 7.17. The highest BCUT2D eigenvalue weighted by Gasteiger charge is 2.20. The van der Waals surface area contributed by atoms with Gasteiger partial charge in [0, 0.05) is 24.2 Å². The minimum Gasteiger partial charge on any atom is -0.493 e. The van der Waals surface area contributed by atoms with Crippen molar-refractivity contribution in [2.24, 2.45) is 0 Å². The Morgan fingerprint density at radius 2 is 1.90 bits per heavy atom. The van der Waals surface area contributed by atoms with Crippen LogP contribution in [0.5, 0.6) is 11.5 Å².